The lowest BCUT2D eigenvalue weighted by Crippen LogP contribution is -1.91. The fourth-order valence-corrected chi connectivity index (χ4v) is 1.36. The van der Waals surface area contributed by atoms with Crippen molar-refractivity contribution in [1.29, 1.82) is 0 Å². The summed E-state index contributed by atoms with van der Waals surface area (Å²) in [7, 11) is 0. The molecule has 44 valence electrons. The lowest BCUT2D eigenvalue weighted by Gasteiger charge is -1.86. The van der Waals surface area contributed by atoms with Crippen molar-refractivity contribution >= 4 is 34.2 Å². The zero-order valence-corrected chi connectivity index (χ0v) is 7.03. The standard InChI is InChI=1S/C5H5ClIN/c6-4-1-3(8)2-5(4)7/h2H,1,8H2. The Labute approximate surface area is 66.7 Å². The van der Waals surface area contributed by atoms with Crippen molar-refractivity contribution in [2.75, 3.05) is 0 Å². The van der Waals surface area contributed by atoms with Gasteiger partial charge in [-0.1, -0.05) is 11.6 Å². The van der Waals surface area contributed by atoms with E-state index in [1.807, 2.05) is 6.08 Å². The van der Waals surface area contributed by atoms with Crippen LogP contribution in [0.1, 0.15) is 6.42 Å². The first kappa shape index (κ1) is 6.42. The second kappa shape index (κ2) is 2.27. The van der Waals surface area contributed by atoms with Crippen molar-refractivity contribution in [2.45, 2.75) is 6.42 Å². The first-order valence-corrected chi connectivity index (χ1v) is 3.66. The molecule has 0 saturated heterocycles. The fourth-order valence-electron chi connectivity index (χ4n) is 0.556. The first-order chi connectivity index (χ1) is 3.70. The number of halogens is 2. The van der Waals surface area contributed by atoms with Gasteiger partial charge in [-0.25, -0.2) is 0 Å². The maximum absolute atomic E-state index is 5.70. The van der Waals surface area contributed by atoms with Crippen LogP contribution in [-0.4, -0.2) is 0 Å². The zero-order valence-electron chi connectivity index (χ0n) is 4.12. The minimum absolute atomic E-state index is 0.736. The normalized spacial score (nSPS) is 19.5. The van der Waals surface area contributed by atoms with E-state index in [2.05, 4.69) is 22.6 Å². The molecule has 0 aliphatic heterocycles. The molecule has 0 amide bonds. The number of allylic oxidation sites excluding steroid dienone is 3. The maximum Gasteiger partial charge on any atom is 0.0373 e. The maximum atomic E-state index is 5.70. The molecular formula is C5H5ClIN. The van der Waals surface area contributed by atoms with E-state index < -0.39 is 0 Å². The fraction of sp³-hybridized carbons (Fsp3) is 0.200. The van der Waals surface area contributed by atoms with Crippen molar-refractivity contribution in [3.05, 3.63) is 20.4 Å². The van der Waals surface area contributed by atoms with Crippen molar-refractivity contribution in [1.82, 2.24) is 0 Å². The molecule has 1 rings (SSSR count). The summed E-state index contributed by atoms with van der Waals surface area (Å²) in [5.41, 5.74) is 6.31. The largest absolute Gasteiger partial charge is 0.402 e. The van der Waals surface area contributed by atoms with E-state index in [1.54, 1.807) is 0 Å². The Morgan fingerprint density at radius 2 is 2.38 bits per heavy atom. The molecule has 1 aliphatic carbocycles. The predicted molar refractivity (Wildman–Crippen MR) is 43.8 cm³/mol. The third-order valence-electron chi connectivity index (χ3n) is 0.931. The minimum Gasteiger partial charge on any atom is -0.402 e. The molecule has 0 spiro atoms. The molecule has 0 aromatic heterocycles. The predicted octanol–water partition coefficient (Wildman–Crippen LogP) is 2.12. The highest BCUT2D eigenvalue weighted by atomic mass is 127. The molecule has 0 bridgehead atoms. The minimum atomic E-state index is 0.736. The smallest absolute Gasteiger partial charge is 0.0373 e. The van der Waals surface area contributed by atoms with Gasteiger partial charge in [-0.3, -0.25) is 0 Å². The molecule has 0 aromatic rings. The number of hydrogen-bond donors (Lipinski definition) is 1. The van der Waals surface area contributed by atoms with Gasteiger partial charge in [0, 0.05) is 20.7 Å². The lowest BCUT2D eigenvalue weighted by molar-refractivity contribution is 1.18. The molecule has 8 heavy (non-hydrogen) atoms. The van der Waals surface area contributed by atoms with Gasteiger partial charge in [-0.05, 0) is 28.7 Å². The quantitative estimate of drug-likeness (QED) is 0.646. The van der Waals surface area contributed by atoms with Gasteiger partial charge in [0.25, 0.3) is 0 Å². The molecule has 2 N–H and O–H groups in total. The molecule has 0 saturated carbocycles. The molecule has 0 heterocycles. The van der Waals surface area contributed by atoms with Crippen LogP contribution in [-0.2, 0) is 0 Å². The SMILES string of the molecule is NC1=CC(I)=C(Cl)C1. The van der Waals surface area contributed by atoms with E-state index in [0.29, 0.717) is 0 Å². The number of hydrogen-bond acceptors (Lipinski definition) is 1. The molecule has 0 fully saturated rings. The first-order valence-electron chi connectivity index (χ1n) is 2.20. The van der Waals surface area contributed by atoms with E-state index in [4.69, 9.17) is 17.3 Å². The second-order valence-corrected chi connectivity index (χ2v) is 3.27. The van der Waals surface area contributed by atoms with Gasteiger partial charge in [0.1, 0.15) is 0 Å². The Hall–Kier alpha value is 0.300. The van der Waals surface area contributed by atoms with Crippen LogP contribution in [0.3, 0.4) is 0 Å². The molecule has 0 aromatic carbocycles. The summed E-state index contributed by atoms with van der Waals surface area (Å²) in [6.45, 7) is 0. The van der Waals surface area contributed by atoms with Gasteiger partial charge in [0.15, 0.2) is 0 Å². The van der Waals surface area contributed by atoms with Crippen molar-refractivity contribution in [2.24, 2.45) is 5.73 Å². The monoisotopic (exact) mass is 241 g/mol. The topological polar surface area (TPSA) is 26.0 Å². The van der Waals surface area contributed by atoms with Gasteiger partial charge in [0.2, 0.25) is 0 Å². The Morgan fingerprint density at radius 1 is 1.75 bits per heavy atom. The van der Waals surface area contributed by atoms with E-state index in [1.165, 1.54) is 0 Å². The molecule has 0 unspecified atom stereocenters. The summed E-state index contributed by atoms with van der Waals surface area (Å²) in [6.07, 6.45) is 2.63. The Balaban J connectivity index is 2.79. The average molecular weight is 241 g/mol. The Morgan fingerprint density at radius 3 is 2.50 bits per heavy atom. The highest BCUT2D eigenvalue weighted by Crippen LogP contribution is 2.29. The van der Waals surface area contributed by atoms with Crippen LogP contribution in [0.5, 0.6) is 0 Å². The van der Waals surface area contributed by atoms with E-state index >= 15 is 0 Å². The third kappa shape index (κ3) is 1.17. The van der Waals surface area contributed by atoms with E-state index in [9.17, 15) is 0 Å². The van der Waals surface area contributed by atoms with Gasteiger partial charge >= 0.3 is 0 Å². The highest BCUT2D eigenvalue weighted by Gasteiger charge is 2.07. The summed E-state index contributed by atoms with van der Waals surface area (Å²) in [5.74, 6) is 0. The van der Waals surface area contributed by atoms with Crippen molar-refractivity contribution in [3.8, 4) is 0 Å². The van der Waals surface area contributed by atoms with Crippen LogP contribution >= 0.6 is 34.2 Å². The molecule has 1 aliphatic rings. The Kier molecular flexibility index (Phi) is 1.82. The average Bonchev–Trinajstić information content (AvgIpc) is 1.85. The van der Waals surface area contributed by atoms with Crippen LogP contribution in [0.2, 0.25) is 0 Å². The highest BCUT2D eigenvalue weighted by molar-refractivity contribution is 14.1. The zero-order chi connectivity index (χ0) is 6.15. The molecule has 1 nitrogen and oxygen atoms in total. The number of nitrogens with two attached hydrogens (primary N) is 1. The van der Waals surface area contributed by atoms with Crippen LogP contribution in [0.25, 0.3) is 0 Å². The molecular weight excluding hydrogens is 236 g/mol. The summed E-state index contributed by atoms with van der Waals surface area (Å²) in [5, 5.41) is 0.864. The molecule has 3 heteroatoms. The van der Waals surface area contributed by atoms with Crippen molar-refractivity contribution < 1.29 is 0 Å². The summed E-state index contributed by atoms with van der Waals surface area (Å²) >= 11 is 7.86. The van der Waals surface area contributed by atoms with Crippen LogP contribution in [0.4, 0.5) is 0 Å². The summed E-state index contributed by atoms with van der Waals surface area (Å²) in [6, 6.07) is 0. The lowest BCUT2D eigenvalue weighted by atomic mass is 10.4. The van der Waals surface area contributed by atoms with Crippen LogP contribution in [0, 0.1) is 0 Å². The summed E-state index contributed by atoms with van der Waals surface area (Å²) < 4.78 is 1.07. The summed E-state index contributed by atoms with van der Waals surface area (Å²) in [4.78, 5) is 0. The van der Waals surface area contributed by atoms with Gasteiger partial charge in [0.05, 0.1) is 0 Å². The van der Waals surface area contributed by atoms with Gasteiger partial charge in [-0.15, -0.1) is 0 Å². The van der Waals surface area contributed by atoms with E-state index in [-0.39, 0.29) is 0 Å². The molecule has 0 atom stereocenters. The van der Waals surface area contributed by atoms with Crippen molar-refractivity contribution in [3.63, 3.8) is 0 Å². The Bertz CT molecular complexity index is 171. The van der Waals surface area contributed by atoms with E-state index in [0.717, 1.165) is 20.7 Å². The van der Waals surface area contributed by atoms with Gasteiger partial charge in [-0.2, -0.15) is 0 Å². The molecule has 0 radical (unpaired) electrons. The van der Waals surface area contributed by atoms with Gasteiger partial charge < -0.3 is 5.73 Å². The third-order valence-corrected chi connectivity index (χ3v) is 2.55. The van der Waals surface area contributed by atoms with Crippen LogP contribution < -0.4 is 5.73 Å². The second-order valence-electron chi connectivity index (χ2n) is 1.65. The van der Waals surface area contributed by atoms with Crippen LogP contribution in [0.15, 0.2) is 20.4 Å². The number of rotatable bonds is 0.